The van der Waals surface area contributed by atoms with Crippen molar-refractivity contribution in [3.63, 3.8) is 0 Å². The number of carboxylic acid groups (broad SMARTS) is 1. The van der Waals surface area contributed by atoms with Crippen molar-refractivity contribution in [2.24, 2.45) is 11.7 Å². The second kappa shape index (κ2) is 6.86. The van der Waals surface area contributed by atoms with Crippen LogP contribution in [0.25, 0.3) is 0 Å². The number of hydrogen-bond acceptors (Lipinski definition) is 3. The zero-order valence-corrected chi connectivity index (χ0v) is 8.32. The van der Waals surface area contributed by atoms with Gasteiger partial charge in [-0.1, -0.05) is 0 Å². The van der Waals surface area contributed by atoms with Crippen molar-refractivity contribution in [3.8, 4) is 0 Å². The van der Waals surface area contributed by atoms with E-state index in [2.05, 4.69) is 0 Å². The minimum atomic E-state index is -0.786. The van der Waals surface area contributed by atoms with Crippen LogP contribution in [-0.4, -0.2) is 30.3 Å². The van der Waals surface area contributed by atoms with E-state index in [9.17, 15) is 4.79 Å². The Bertz CT molecular complexity index is 148. The first-order chi connectivity index (χ1) is 6.06. The molecule has 0 bridgehead atoms. The molecule has 0 heterocycles. The maximum Gasteiger partial charge on any atom is 0.303 e. The summed E-state index contributed by atoms with van der Waals surface area (Å²) in [6, 6.07) is 0. The van der Waals surface area contributed by atoms with Gasteiger partial charge in [-0.15, -0.1) is 0 Å². The molecule has 4 heteroatoms. The van der Waals surface area contributed by atoms with Gasteiger partial charge in [0.2, 0.25) is 0 Å². The van der Waals surface area contributed by atoms with Crippen LogP contribution in [0.15, 0.2) is 0 Å². The Morgan fingerprint density at radius 2 is 2.15 bits per heavy atom. The molecule has 0 radical (unpaired) electrons. The molecule has 0 aromatic carbocycles. The van der Waals surface area contributed by atoms with Crippen molar-refractivity contribution in [2.45, 2.75) is 32.8 Å². The fraction of sp³-hybridized carbons (Fsp3) is 0.889. The number of nitrogens with two attached hydrogens (primary N) is 1. The van der Waals surface area contributed by atoms with Gasteiger partial charge in [-0.25, -0.2) is 0 Å². The summed E-state index contributed by atoms with van der Waals surface area (Å²) < 4.78 is 5.34. The molecule has 0 aromatic heterocycles. The van der Waals surface area contributed by atoms with Crippen LogP contribution in [0.4, 0.5) is 0 Å². The highest BCUT2D eigenvalue weighted by atomic mass is 16.5. The fourth-order valence-electron chi connectivity index (χ4n) is 1.06. The number of rotatable bonds is 7. The van der Waals surface area contributed by atoms with Gasteiger partial charge >= 0.3 is 5.97 Å². The first-order valence-electron chi connectivity index (χ1n) is 4.59. The summed E-state index contributed by atoms with van der Waals surface area (Å²) in [5.41, 5.74) is 5.36. The minimum absolute atomic E-state index is 0.0462. The van der Waals surface area contributed by atoms with Crippen LogP contribution in [0.3, 0.4) is 0 Å². The second-order valence-corrected chi connectivity index (χ2v) is 3.42. The first-order valence-corrected chi connectivity index (χ1v) is 4.59. The van der Waals surface area contributed by atoms with E-state index in [1.807, 2.05) is 13.8 Å². The molecule has 1 atom stereocenters. The molecule has 0 saturated carbocycles. The SMILES string of the molecule is CC(C)OC[C@@H](CCN)CC(=O)O. The predicted molar refractivity (Wildman–Crippen MR) is 50.5 cm³/mol. The van der Waals surface area contributed by atoms with Crippen LogP contribution in [0.2, 0.25) is 0 Å². The van der Waals surface area contributed by atoms with Gasteiger partial charge in [-0.05, 0) is 32.7 Å². The maximum absolute atomic E-state index is 10.4. The number of hydrogen-bond donors (Lipinski definition) is 2. The lowest BCUT2D eigenvalue weighted by molar-refractivity contribution is -0.138. The first kappa shape index (κ1) is 12.4. The molecule has 0 aliphatic carbocycles. The number of ether oxygens (including phenoxy) is 1. The van der Waals surface area contributed by atoms with Gasteiger partial charge < -0.3 is 15.6 Å². The zero-order valence-electron chi connectivity index (χ0n) is 8.32. The zero-order chi connectivity index (χ0) is 10.3. The third kappa shape index (κ3) is 7.74. The Balaban J connectivity index is 3.72. The molecule has 0 amide bonds. The smallest absolute Gasteiger partial charge is 0.303 e. The van der Waals surface area contributed by atoms with Crippen molar-refractivity contribution in [2.75, 3.05) is 13.2 Å². The van der Waals surface area contributed by atoms with Gasteiger partial charge in [-0.3, -0.25) is 4.79 Å². The summed E-state index contributed by atoms with van der Waals surface area (Å²) in [6.45, 7) is 4.86. The standard InChI is InChI=1S/C9H19NO3/c1-7(2)13-6-8(3-4-10)5-9(11)12/h7-8H,3-6,10H2,1-2H3,(H,11,12)/t8-/m0/s1. The van der Waals surface area contributed by atoms with Crippen molar-refractivity contribution < 1.29 is 14.6 Å². The predicted octanol–water partition coefficient (Wildman–Crippen LogP) is 0.851. The van der Waals surface area contributed by atoms with Gasteiger partial charge in [0, 0.05) is 0 Å². The molecule has 4 nitrogen and oxygen atoms in total. The van der Waals surface area contributed by atoms with Crippen LogP contribution in [0.5, 0.6) is 0 Å². The Hall–Kier alpha value is -0.610. The molecule has 0 unspecified atom stereocenters. The molecular formula is C9H19NO3. The molecule has 3 N–H and O–H groups in total. The van der Waals surface area contributed by atoms with E-state index < -0.39 is 5.97 Å². The lowest BCUT2D eigenvalue weighted by Crippen LogP contribution is -2.20. The summed E-state index contributed by atoms with van der Waals surface area (Å²) in [6.07, 6.45) is 0.997. The summed E-state index contributed by atoms with van der Waals surface area (Å²) in [5, 5.41) is 8.58. The molecule has 0 fully saturated rings. The highest BCUT2D eigenvalue weighted by Gasteiger charge is 2.13. The summed E-state index contributed by atoms with van der Waals surface area (Å²) in [4.78, 5) is 10.4. The molecule has 13 heavy (non-hydrogen) atoms. The van der Waals surface area contributed by atoms with Crippen LogP contribution in [-0.2, 0) is 9.53 Å². The van der Waals surface area contributed by atoms with Gasteiger partial charge in [0.25, 0.3) is 0 Å². The third-order valence-corrected chi connectivity index (χ3v) is 1.70. The average Bonchev–Trinajstić information content (AvgIpc) is 1.99. The average molecular weight is 189 g/mol. The van der Waals surface area contributed by atoms with Crippen molar-refractivity contribution in [1.82, 2.24) is 0 Å². The molecule has 0 spiro atoms. The molecule has 0 rings (SSSR count). The van der Waals surface area contributed by atoms with E-state index in [0.717, 1.165) is 0 Å². The summed E-state index contributed by atoms with van der Waals surface area (Å²) >= 11 is 0. The fourth-order valence-corrected chi connectivity index (χ4v) is 1.06. The Labute approximate surface area is 79.1 Å². The largest absolute Gasteiger partial charge is 0.481 e. The van der Waals surface area contributed by atoms with Crippen LogP contribution < -0.4 is 5.73 Å². The van der Waals surface area contributed by atoms with Gasteiger partial charge in [-0.2, -0.15) is 0 Å². The molecule has 0 aromatic rings. The van der Waals surface area contributed by atoms with E-state index in [0.29, 0.717) is 19.6 Å². The van der Waals surface area contributed by atoms with Gasteiger partial charge in [0.05, 0.1) is 19.1 Å². The number of carbonyl (C=O) groups is 1. The maximum atomic E-state index is 10.4. The Morgan fingerprint density at radius 1 is 1.54 bits per heavy atom. The van der Waals surface area contributed by atoms with E-state index in [1.54, 1.807) is 0 Å². The van der Waals surface area contributed by atoms with E-state index in [4.69, 9.17) is 15.6 Å². The van der Waals surface area contributed by atoms with Crippen molar-refractivity contribution in [1.29, 1.82) is 0 Å². The lowest BCUT2D eigenvalue weighted by Gasteiger charge is -2.15. The molecule has 78 valence electrons. The third-order valence-electron chi connectivity index (χ3n) is 1.70. The van der Waals surface area contributed by atoms with E-state index in [1.165, 1.54) is 0 Å². The quantitative estimate of drug-likeness (QED) is 0.622. The Kier molecular flexibility index (Phi) is 6.54. The van der Waals surface area contributed by atoms with Crippen LogP contribution in [0.1, 0.15) is 26.7 Å². The van der Waals surface area contributed by atoms with Gasteiger partial charge in [0.15, 0.2) is 0 Å². The molecule has 0 saturated heterocycles. The topological polar surface area (TPSA) is 72.5 Å². The van der Waals surface area contributed by atoms with Crippen molar-refractivity contribution >= 4 is 5.97 Å². The summed E-state index contributed by atoms with van der Waals surface area (Å²) in [5.74, 6) is -0.740. The minimum Gasteiger partial charge on any atom is -0.481 e. The monoisotopic (exact) mass is 189 g/mol. The highest BCUT2D eigenvalue weighted by molar-refractivity contribution is 5.67. The molecule has 0 aliphatic rings. The second-order valence-electron chi connectivity index (χ2n) is 3.42. The van der Waals surface area contributed by atoms with Gasteiger partial charge in [0.1, 0.15) is 0 Å². The number of carboxylic acids is 1. The lowest BCUT2D eigenvalue weighted by atomic mass is 10.0. The van der Waals surface area contributed by atoms with E-state index >= 15 is 0 Å². The van der Waals surface area contributed by atoms with Crippen LogP contribution in [0, 0.1) is 5.92 Å². The summed E-state index contributed by atoms with van der Waals surface area (Å²) in [7, 11) is 0. The molecule has 0 aliphatic heterocycles. The van der Waals surface area contributed by atoms with E-state index in [-0.39, 0.29) is 18.4 Å². The van der Waals surface area contributed by atoms with Crippen LogP contribution >= 0.6 is 0 Å². The number of aliphatic carboxylic acids is 1. The Morgan fingerprint density at radius 3 is 2.54 bits per heavy atom. The molecular weight excluding hydrogens is 170 g/mol. The van der Waals surface area contributed by atoms with Crippen molar-refractivity contribution in [3.05, 3.63) is 0 Å². The normalized spacial score (nSPS) is 13.2. The highest BCUT2D eigenvalue weighted by Crippen LogP contribution is 2.09.